The molecular weight excluding hydrogens is 471 g/mol. The van der Waals surface area contributed by atoms with E-state index >= 15 is 0 Å². The van der Waals surface area contributed by atoms with Gasteiger partial charge in [0.2, 0.25) is 5.89 Å². The minimum Gasteiger partial charge on any atom is -0.391 e. The van der Waals surface area contributed by atoms with Crippen LogP contribution >= 0.6 is 11.6 Å². The maximum atomic E-state index is 14.8. The summed E-state index contributed by atoms with van der Waals surface area (Å²) < 4.78 is 50.5. The van der Waals surface area contributed by atoms with Crippen molar-refractivity contribution < 1.29 is 17.2 Å². The Bertz CT molecular complexity index is 1350. The number of aromatic amines is 1. The lowest BCUT2D eigenvalue weighted by Gasteiger charge is -2.31. The van der Waals surface area contributed by atoms with Gasteiger partial charge in [0, 0.05) is 24.0 Å². The van der Waals surface area contributed by atoms with Gasteiger partial charge in [-0.15, -0.1) is 5.10 Å². The second kappa shape index (κ2) is 9.02. The molecule has 1 aromatic heterocycles. The summed E-state index contributed by atoms with van der Waals surface area (Å²) in [5.41, 5.74) is 3.72. The van der Waals surface area contributed by atoms with Gasteiger partial charge in [0.05, 0.1) is 0 Å². The number of hydrogen-bond donors (Lipinski definition) is 2. The molecule has 0 radical (unpaired) electrons. The van der Waals surface area contributed by atoms with E-state index in [2.05, 4.69) is 14.9 Å². The van der Waals surface area contributed by atoms with Gasteiger partial charge in [-0.3, -0.25) is 0 Å². The standard InChI is InChI=1S/C22H24ClFN4O4S/c1-12-4-7-18(24)19(13(12)2)14(3)20(21-25-26-22(29)32-21)27-33(30,31)28-9-8-15-10-17(23)6-5-16(15)11-28/h4-7,10,14,20,27H,8-9,11H2,1-3H3,(H,26,29)/t14-,20+/m1/s1. The van der Waals surface area contributed by atoms with E-state index in [0.717, 1.165) is 16.7 Å². The lowest BCUT2D eigenvalue weighted by atomic mass is 9.88. The van der Waals surface area contributed by atoms with E-state index in [4.69, 9.17) is 16.0 Å². The summed E-state index contributed by atoms with van der Waals surface area (Å²) in [7, 11) is -4.05. The molecule has 4 rings (SSSR count). The van der Waals surface area contributed by atoms with E-state index in [9.17, 15) is 17.6 Å². The topological polar surface area (TPSA) is 108 Å². The SMILES string of the molecule is Cc1ccc(F)c([C@@H](C)[C@H](NS(=O)(=O)N2CCc3cc(Cl)ccc3C2)c2n[nH]c(=O)o2)c1C. The van der Waals surface area contributed by atoms with Crippen molar-refractivity contribution in [3.63, 3.8) is 0 Å². The normalized spacial score (nSPS) is 16.4. The molecule has 33 heavy (non-hydrogen) atoms. The average molecular weight is 495 g/mol. The van der Waals surface area contributed by atoms with Crippen LogP contribution < -0.4 is 10.5 Å². The Kier molecular flexibility index (Phi) is 6.45. The second-order valence-corrected chi connectivity index (χ2v) is 10.4. The fourth-order valence-corrected chi connectivity index (χ4v) is 5.82. The summed E-state index contributed by atoms with van der Waals surface area (Å²) in [6, 6.07) is 7.24. The fraction of sp³-hybridized carbons (Fsp3) is 0.364. The third-order valence-corrected chi connectivity index (χ3v) is 7.95. The molecule has 2 heterocycles. The van der Waals surface area contributed by atoms with E-state index < -0.39 is 33.7 Å². The summed E-state index contributed by atoms with van der Waals surface area (Å²) in [6.07, 6.45) is 0.500. The number of aromatic nitrogens is 2. The molecule has 2 aromatic carbocycles. The van der Waals surface area contributed by atoms with Crippen molar-refractivity contribution in [2.45, 2.75) is 45.7 Å². The number of nitrogens with zero attached hydrogens (tertiary/aromatic N) is 2. The van der Waals surface area contributed by atoms with Gasteiger partial charge in [-0.2, -0.15) is 17.4 Å². The highest BCUT2D eigenvalue weighted by atomic mass is 35.5. The number of halogens is 2. The van der Waals surface area contributed by atoms with Gasteiger partial charge in [-0.05, 0) is 66.3 Å². The number of benzene rings is 2. The molecule has 11 heteroatoms. The Morgan fingerprint density at radius 3 is 2.70 bits per heavy atom. The molecule has 0 aliphatic carbocycles. The molecule has 8 nitrogen and oxygen atoms in total. The Hall–Kier alpha value is -2.53. The molecule has 1 aliphatic rings. The van der Waals surface area contributed by atoms with Crippen LogP contribution in [0.5, 0.6) is 0 Å². The molecular formula is C22H24ClFN4O4S. The molecule has 0 fully saturated rings. The number of hydrogen-bond acceptors (Lipinski definition) is 5. The molecule has 2 atom stereocenters. The first kappa shape index (κ1) is 23.6. The molecule has 176 valence electrons. The summed E-state index contributed by atoms with van der Waals surface area (Å²) in [6.45, 7) is 5.68. The van der Waals surface area contributed by atoms with Crippen LogP contribution in [0.15, 0.2) is 39.5 Å². The summed E-state index contributed by atoms with van der Waals surface area (Å²) in [5, 5.41) is 6.58. The highest BCUT2D eigenvalue weighted by Crippen LogP contribution is 2.35. The molecule has 0 bridgehead atoms. The van der Waals surface area contributed by atoms with E-state index in [1.807, 2.05) is 13.0 Å². The van der Waals surface area contributed by atoms with E-state index in [0.29, 0.717) is 22.6 Å². The van der Waals surface area contributed by atoms with Gasteiger partial charge in [0.25, 0.3) is 10.2 Å². The van der Waals surface area contributed by atoms with Gasteiger partial charge in [-0.25, -0.2) is 14.3 Å². The molecule has 0 saturated heterocycles. The average Bonchev–Trinajstić information content (AvgIpc) is 3.20. The predicted octanol–water partition coefficient (Wildman–Crippen LogP) is 3.51. The van der Waals surface area contributed by atoms with Gasteiger partial charge >= 0.3 is 5.76 Å². The van der Waals surface area contributed by atoms with Crippen LogP contribution in [0.2, 0.25) is 5.02 Å². The largest absolute Gasteiger partial charge is 0.434 e. The zero-order valence-electron chi connectivity index (χ0n) is 18.4. The van der Waals surface area contributed by atoms with Crippen molar-refractivity contribution in [2.75, 3.05) is 6.54 Å². The van der Waals surface area contributed by atoms with E-state index in [-0.39, 0.29) is 19.0 Å². The number of H-pyrrole nitrogens is 1. The molecule has 3 aromatic rings. The number of aryl methyl sites for hydroxylation is 1. The van der Waals surface area contributed by atoms with Crippen molar-refractivity contribution in [2.24, 2.45) is 0 Å². The maximum Gasteiger partial charge on any atom is 0.434 e. The molecule has 0 amide bonds. The number of nitrogens with one attached hydrogen (secondary N) is 2. The lowest BCUT2D eigenvalue weighted by Crippen LogP contribution is -2.45. The van der Waals surface area contributed by atoms with Crippen LogP contribution in [-0.4, -0.2) is 29.5 Å². The predicted molar refractivity (Wildman–Crippen MR) is 122 cm³/mol. The summed E-state index contributed by atoms with van der Waals surface area (Å²) in [5.74, 6) is -2.19. The highest BCUT2D eigenvalue weighted by molar-refractivity contribution is 7.87. The zero-order chi connectivity index (χ0) is 23.9. The van der Waals surface area contributed by atoms with Crippen LogP contribution in [0.25, 0.3) is 0 Å². The maximum absolute atomic E-state index is 14.8. The van der Waals surface area contributed by atoms with Gasteiger partial charge < -0.3 is 4.42 Å². The summed E-state index contributed by atoms with van der Waals surface area (Å²) >= 11 is 6.05. The van der Waals surface area contributed by atoms with Crippen LogP contribution in [0.1, 0.15) is 52.6 Å². The number of fused-ring (bicyclic) bond motifs is 1. The van der Waals surface area contributed by atoms with Gasteiger partial charge in [0.15, 0.2) is 0 Å². The molecule has 0 saturated carbocycles. The Morgan fingerprint density at radius 1 is 1.24 bits per heavy atom. The molecule has 0 unspecified atom stereocenters. The van der Waals surface area contributed by atoms with Crippen LogP contribution in [0.4, 0.5) is 4.39 Å². The van der Waals surface area contributed by atoms with Crippen molar-refractivity contribution in [1.29, 1.82) is 0 Å². The molecule has 0 spiro atoms. The Morgan fingerprint density at radius 2 is 2.00 bits per heavy atom. The highest BCUT2D eigenvalue weighted by Gasteiger charge is 2.36. The van der Waals surface area contributed by atoms with Crippen molar-refractivity contribution in [3.8, 4) is 0 Å². The monoisotopic (exact) mass is 494 g/mol. The first-order chi connectivity index (χ1) is 15.6. The smallest absolute Gasteiger partial charge is 0.391 e. The fourth-order valence-electron chi connectivity index (χ4n) is 4.21. The zero-order valence-corrected chi connectivity index (χ0v) is 19.9. The first-order valence-electron chi connectivity index (χ1n) is 10.4. The van der Waals surface area contributed by atoms with Crippen LogP contribution in [0, 0.1) is 19.7 Å². The third-order valence-electron chi connectivity index (χ3n) is 6.17. The van der Waals surface area contributed by atoms with Crippen LogP contribution in [-0.2, 0) is 23.2 Å². The van der Waals surface area contributed by atoms with Crippen molar-refractivity contribution >= 4 is 21.8 Å². The Balaban J connectivity index is 1.68. The van der Waals surface area contributed by atoms with E-state index in [1.165, 1.54) is 10.4 Å². The molecule has 1 aliphatic heterocycles. The van der Waals surface area contributed by atoms with E-state index in [1.54, 1.807) is 32.0 Å². The van der Waals surface area contributed by atoms with Gasteiger partial charge in [0.1, 0.15) is 11.9 Å². The van der Waals surface area contributed by atoms with Gasteiger partial charge in [-0.1, -0.05) is 30.7 Å². The molecule has 2 N–H and O–H groups in total. The third kappa shape index (κ3) is 4.74. The minimum absolute atomic E-state index is 0.158. The lowest BCUT2D eigenvalue weighted by molar-refractivity contribution is 0.347. The summed E-state index contributed by atoms with van der Waals surface area (Å²) in [4.78, 5) is 11.6. The first-order valence-corrected chi connectivity index (χ1v) is 12.2. The number of rotatable bonds is 6. The second-order valence-electron chi connectivity index (χ2n) is 8.24. The Labute approximate surface area is 195 Å². The van der Waals surface area contributed by atoms with Crippen molar-refractivity contribution in [1.82, 2.24) is 19.2 Å². The van der Waals surface area contributed by atoms with Crippen molar-refractivity contribution in [3.05, 3.63) is 85.4 Å². The van der Waals surface area contributed by atoms with Crippen LogP contribution in [0.3, 0.4) is 0 Å². The quantitative estimate of drug-likeness (QED) is 0.545. The minimum atomic E-state index is -4.05.